The van der Waals surface area contributed by atoms with Crippen LogP contribution in [0, 0.1) is 24.0 Å². The van der Waals surface area contributed by atoms with Gasteiger partial charge in [-0.05, 0) is 61.7 Å². The summed E-state index contributed by atoms with van der Waals surface area (Å²) in [6.45, 7) is 5.66. The summed E-state index contributed by atoms with van der Waals surface area (Å²) in [5, 5.41) is 6.38. The molecule has 10 heteroatoms. The van der Waals surface area contributed by atoms with Crippen LogP contribution < -0.4 is 21.1 Å². The SMILES string of the molecule is COc1cc(-c2cccc(-c3cccc(Nc4nccc5nccnc45)c3C)c2F)cc(F)c1CNCC(C)(C)C(N)=O. The van der Waals surface area contributed by atoms with Crippen molar-refractivity contribution in [3.8, 4) is 28.0 Å². The van der Waals surface area contributed by atoms with Crippen molar-refractivity contribution in [1.82, 2.24) is 20.3 Å². The van der Waals surface area contributed by atoms with Crippen LogP contribution in [-0.4, -0.2) is 34.5 Å². The number of primary amides is 1. The maximum atomic E-state index is 16.2. The molecular formula is C33H32F2N6O2. The molecule has 4 N–H and O–H groups in total. The second-order valence-corrected chi connectivity index (χ2v) is 10.8. The summed E-state index contributed by atoms with van der Waals surface area (Å²) in [7, 11) is 1.43. The molecule has 0 saturated heterocycles. The average molecular weight is 583 g/mol. The first-order valence-electron chi connectivity index (χ1n) is 13.7. The molecule has 3 aromatic carbocycles. The molecule has 0 aliphatic carbocycles. The highest BCUT2D eigenvalue weighted by atomic mass is 19.1. The Kier molecular flexibility index (Phi) is 8.31. The average Bonchev–Trinajstić information content (AvgIpc) is 2.99. The van der Waals surface area contributed by atoms with Gasteiger partial charge in [0.25, 0.3) is 0 Å². The van der Waals surface area contributed by atoms with Crippen LogP contribution in [0.1, 0.15) is 25.0 Å². The molecule has 220 valence electrons. The number of pyridine rings is 1. The highest BCUT2D eigenvalue weighted by Crippen LogP contribution is 2.38. The van der Waals surface area contributed by atoms with Crippen LogP contribution in [0.25, 0.3) is 33.3 Å². The molecule has 43 heavy (non-hydrogen) atoms. The fourth-order valence-electron chi connectivity index (χ4n) is 4.85. The number of anilines is 2. The third kappa shape index (κ3) is 6.00. The number of hydrogen-bond acceptors (Lipinski definition) is 7. The Hall–Kier alpha value is -4.96. The summed E-state index contributed by atoms with van der Waals surface area (Å²) >= 11 is 0. The number of carbonyl (C=O) groups excluding carboxylic acids is 1. The highest BCUT2D eigenvalue weighted by molar-refractivity contribution is 5.88. The lowest BCUT2D eigenvalue weighted by Gasteiger charge is -2.21. The Morgan fingerprint density at radius 2 is 1.67 bits per heavy atom. The minimum atomic E-state index is -0.808. The van der Waals surface area contributed by atoms with E-state index in [2.05, 4.69) is 25.6 Å². The number of aromatic nitrogens is 3. The number of amides is 1. The monoisotopic (exact) mass is 582 g/mol. The van der Waals surface area contributed by atoms with Gasteiger partial charge in [-0.3, -0.25) is 9.78 Å². The van der Waals surface area contributed by atoms with Gasteiger partial charge in [-0.2, -0.15) is 0 Å². The molecular weight excluding hydrogens is 550 g/mol. The van der Waals surface area contributed by atoms with Gasteiger partial charge in [0.05, 0.1) is 18.0 Å². The molecule has 0 spiro atoms. The molecule has 0 saturated carbocycles. The number of halogens is 2. The second kappa shape index (κ2) is 12.1. The summed E-state index contributed by atoms with van der Waals surface area (Å²) < 4.78 is 37.1. The van der Waals surface area contributed by atoms with Crippen LogP contribution in [0.3, 0.4) is 0 Å². The number of hydrogen-bond donors (Lipinski definition) is 3. The molecule has 0 unspecified atom stereocenters. The Bertz CT molecular complexity index is 1820. The van der Waals surface area contributed by atoms with E-state index < -0.39 is 23.0 Å². The van der Waals surface area contributed by atoms with Crippen molar-refractivity contribution in [2.45, 2.75) is 27.3 Å². The van der Waals surface area contributed by atoms with Crippen LogP contribution in [0.15, 0.2) is 73.2 Å². The molecule has 8 nitrogen and oxygen atoms in total. The second-order valence-electron chi connectivity index (χ2n) is 10.8. The van der Waals surface area contributed by atoms with Crippen molar-refractivity contribution < 1.29 is 18.3 Å². The molecule has 2 aromatic heterocycles. The van der Waals surface area contributed by atoms with E-state index in [-0.39, 0.29) is 30.0 Å². The summed E-state index contributed by atoms with van der Waals surface area (Å²) in [6.07, 6.45) is 4.87. The number of fused-ring (bicyclic) bond motifs is 1. The van der Waals surface area contributed by atoms with E-state index in [0.29, 0.717) is 33.5 Å². The first-order valence-corrected chi connectivity index (χ1v) is 13.7. The van der Waals surface area contributed by atoms with Crippen molar-refractivity contribution in [2.75, 3.05) is 19.0 Å². The lowest BCUT2D eigenvalue weighted by Crippen LogP contribution is -2.40. The van der Waals surface area contributed by atoms with Gasteiger partial charge in [0, 0.05) is 54.1 Å². The maximum absolute atomic E-state index is 16.2. The van der Waals surface area contributed by atoms with E-state index in [1.807, 2.05) is 25.1 Å². The topological polar surface area (TPSA) is 115 Å². The van der Waals surface area contributed by atoms with Gasteiger partial charge >= 0.3 is 0 Å². The Morgan fingerprint density at radius 3 is 2.44 bits per heavy atom. The molecule has 0 fully saturated rings. The van der Waals surface area contributed by atoms with Gasteiger partial charge in [-0.15, -0.1) is 0 Å². The molecule has 5 rings (SSSR count). The van der Waals surface area contributed by atoms with E-state index in [1.165, 1.54) is 13.2 Å². The lowest BCUT2D eigenvalue weighted by atomic mass is 9.92. The van der Waals surface area contributed by atoms with Crippen molar-refractivity contribution in [1.29, 1.82) is 0 Å². The van der Waals surface area contributed by atoms with Crippen molar-refractivity contribution in [3.05, 3.63) is 95.9 Å². The van der Waals surface area contributed by atoms with Crippen LogP contribution in [0.5, 0.6) is 5.75 Å². The van der Waals surface area contributed by atoms with E-state index in [4.69, 9.17) is 10.5 Å². The van der Waals surface area contributed by atoms with Crippen molar-refractivity contribution >= 4 is 28.4 Å². The largest absolute Gasteiger partial charge is 0.496 e. The first-order chi connectivity index (χ1) is 20.6. The quantitative estimate of drug-likeness (QED) is 0.177. The lowest BCUT2D eigenvalue weighted by molar-refractivity contribution is -0.125. The maximum Gasteiger partial charge on any atom is 0.224 e. The predicted octanol–water partition coefficient (Wildman–Crippen LogP) is 6.30. The van der Waals surface area contributed by atoms with Gasteiger partial charge in [-0.1, -0.05) is 30.3 Å². The van der Waals surface area contributed by atoms with Gasteiger partial charge in [0.2, 0.25) is 5.91 Å². The summed E-state index contributed by atoms with van der Waals surface area (Å²) in [5.74, 6) is -0.717. The number of nitrogens with two attached hydrogens (primary N) is 1. The molecule has 1 amide bonds. The molecule has 0 aliphatic heterocycles. The van der Waals surface area contributed by atoms with E-state index in [9.17, 15) is 4.79 Å². The van der Waals surface area contributed by atoms with Gasteiger partial charge < -0.3 is 21.1 Å². The number of benzene rings is 3. The minimum absolute atomic E-state index is 0.102. The molecule has 0 atom stereocenters. The fourth-order valence-corrected chi connectivity index (χ4v) is 4.85. The zero-order chi connectivity index (χ0) is 30.7. The van der Waals surface area contributed by atoms with Gasteiger partial charge in [0.15, 0.2) is 5.82 Å². The zero-order valence-electron chi connectivity index (χ0n) is 24.3. The van der Waals surface area contributed by atoms with Crippen LogP contribution in [0.2, 0.25) is 0 Å². The molecule has 2 heterocycles. The number of rotatable bonds is 10. The number of ether oxygens (including phenoxy) is 1. The molecule has 0 radical (unpaired) electrons. The minimum Gasteiger partial charge on any atom is -0.496 e. The molecule has 0 aliphatic rings. The smallest absolute Gasteiger partial charge is 0.224 e. The van der Waals surface area contributed by atoms with Crippen LogP contribution in [-0.2, 0) is 11.3 Å². The normalized spacial score (nSPS) is 11.5. The highest BCUT2D eigenvalue weighted by Gasteiger charge is 2.25. The number of methoxy groups -OCH3 is 1. The first kappa shape index (κ1) is 29.5. The Labute approximate surface area is 248 Å². The Morgan fingerprint density at radius 1 is 0.953 bits per heavy atom. The standard InChI is InChI=1S/C33H32F2N6O2/c1-19-21(7-6-10-26(19)41-31-30-27(11-12-40-31)38-13-14-39-30)23-9-5-8-22(29(23)35)20-15-25(34)24(28(16-20)43-4)17-37-18-33(2,3)32(36)42/h5-16,37H,17-18H2,1-4H3,(H2,36,42)(H,40,41). The summed E-state index contributed by atoms with van der Waals surface area (Å²) in [5.41, 5.74) is 9.34. The number of nitrogens with zero attached hydrogens (tertiary/aromatic N) is 3. The van der Waals surface area contributed by atoms with Crippen molar-refractivity contribution in [2.24, 2.45) is 11.1 Å². The summed E-state index contributed by atoms with van der Waals surface area (Å²) in [6, 6.07) is 15.3. The van der Waals surface area contributed by atoms with Crippen molar-refractivity contribution in [3.63, 3.8) is 0 Å². The van der Waals surface area contributed by atoms with E-state index in [0.717, 1.165) is 11.3 Å². The van der Waals surface area contributed by atoms with Gasteiger partial charge in [0.1, 0.15) is 22.9 Å². The number of carbonyl (C=O) groups is 1. The van der Waals surface area contributed by atoms with Crippen LogP contribution in [0.4, 0.5) is 20.3 Å². The van der Waals surface area contributed by atoms with E-state index >= 15 is 8.78 Å². The predicted molar refractivity (Wildman–Crippen MR) is 164 cm³/mol. The van der Waals surface area contributed by atoms with E-state index in [1.54, 1.807) is 62.8 Å². The molecule has 5 aromatic rings. The number of nitrogens with one attached hydrogen (secondary N) is 2. The van der Waals surface area contributed by atoms with Crippen LogP contribution >= 0.6 is 0 Å². The van der Waals surface area contributed by atoms with Gasteiger partial charge in [-0.25, -0.2) is 18.7 Å². The fraction of sp³-hybridized carbons (Fsp3) is 0.212. The zero-order valence-corrected chi connectivity index (χ0v) is 24.3. The Balaban J connectivity index is 1.47. The third-order valence-electron chi connectivity index (χ3n) is 7.48. The third-order valence-corrected chi connectivity index (χ3v) is 7.48. The summed E-state index contributed by atoms with van der Waals surface area (Å²) in [4.78, 5) is 24.8. The molecule has 0 bridgehead atoms.